The highest BCUT2D eigenvalue weighted by Gasteiger charge is 2.34. The number of aryl methyl sites for hydroxylation is 1. The molecule has 0 unspecified atom stereocenters. The van der Waals surface area contributed by atoms with Gasteiger partial charge in [0.15, 0.2) is 21.5 Å². The number of ether oxygens (including phenoxy) is 1. The van der Waals surface area contributed by atoms with Crippen LogP contribution in [-0.2, 0) is 9.84 Å². The van der Waals surface area contributed by atoms with Gasteiger partial charge in [0.2, 0.25) is 0 Å². The average molecular weight is 375 g/mol. The highest BCUT2D eigenvalue weighted by Crippen LogP contribution is 2.37. The van der Waals surface area contributed by atoms with Crippen molar-refractivity contribution in [3.63, 3.8) is 0 Å². The van der Waals surface area contributed by atoms with Crippen molar-refractivity contribution in [2.45, 2.75) is 51.0 Å². The van der Waals surface area contributed by atoms with E-state index in [1.54, 1.807) is 7.11 Å². The zero-order valence-corrected chi connectivity index (χ0v) is 16.1. The third-order valence-electron chi connectivity index (χ3n) is 5.52. The van der Waals surface area contributed by atoms with Crippen LogP contribution >= 0.6 is 0 Å². The molecule has 1 aliphatic heterocycles. The van der Waals surface area contributed by atoms with Crippen LogP contribution in [-0.4, -0.2) is 41.8 Å². The fourth-order valence-electron chi connectivity index (χ4n) is 4.09. The number of sulfone groups is 1. The number of benzene rings is 1. The van der Waals surface area contributed by atoms with Gasteiger partial charge in [-0.3, -0.25) is 0 Å². The lowest BCUT2D eigenvalue weighted by atomic mass is 10.1. The molecule has 4 rings (SSSR count). The van der Waals surface area contributed by atoms with Gasteiger partial charge >= 0.3 is 0 Å². The van der Waals surface area contributed by atoms with Crippen LogP contribution in [0.2, 0.25) is 0 Å². The van der Waals surface area contributed by atoms with Crippen LogP contribution in [0.25, 0.3) is 11.4 Å². The molecule has 2 aromatic rings. The second kappa shape index (κ2) is 6.68. The Morgan fingerprint density at radius 1 is 1.19 bits per heavy atom. The van der Waals surface area contributed by atoms with Gasteiger partial charge in [0.25, 0.3) is 0 Å². The molecule has 0 radical (unpaired) electrons. The first kappa shape index (κ1) is 17.5. The highest BCUT2D eigenvalue weighted by molar-refractivity contribution is 7.91. The minimum atomic E-state index is -2.99. The molecule has 1 aliphatic carbocycles. The largest absolute Gasteiger partial charge is 0.496 e. The van der Waals surface area contributed by atoms with Gasteiger partial charge in [0, 0.05) is 5.92 Å². The van der Waals surface area contributed by atoms with Crippen molar-refractivity contribution in [3.8, 4) is 17.1 Å². The van der Waals surface area contributed by atoms with Crippen LogP contribution in [0.15, 0.2) is 18.2 Å². The number of rotatable bonds is 4. The Balaban J connectivity index is 1.82. The molecule has 0 amide bonds. The summed E-state index contributed by atoms with van der Waals surface area (Å²) in [6.07, 6.45) is 5.23. The molecule has 0 spiro atoms. The van der Waals surface area contributed by atoms with Gasteiger partial charge in [-0.15, -0.1) is 0 Å². The molecule has 2 heterocycles. The van der Waals surface area contributed by atoms with Crippen LogP contribution in [0.5, 0.6) is 5.75 Å². The molecule has 2 fully saturated rings. The topological polar surface area (TPSA) is 74.1 Å². The van der Waals surface area contributed by atoms with Crippen LogP contribution in [0, 0.1) is 6.92 Å². The predicted molar refractivity (Wildman–Crippen MR) is 100 cm³/mol. The maximum Gasteiger partial charge on any atom is 0.162 e. The molecule has 7 heteroatoms. The van der Waals surface area contributed by atoms with E-state index in [1.807, 2.05) is 29.8 Å². The lowest BCUT2D eigenvalue weighted by Crippen LogP contribution is -2.14. The van der Waals surface area contributed by atoms with Crippen molar-refractivity contribution in [3.05, 3.63) is 29.6 Å². The Morgan fingerprint density at radius 3 is 2.62 bits per heavy atom. The average Bonchev–Trinajstić information content (AvgIpc) is 3.33. The second-order valence-electron chi connectivity index (χ2n) is 7.48. The summed E-state index contributed by atoms with van der Waals surface area (Å²) >= 11 is 0. The van der Waals surface area contributed by atoms with E-state index >= 15 is 0 Å². The molecule has 1 aromatic heterocycles. The quantitative estimate of drug-likeness (QED) is 0.820. The Labute approximate surface area is 154 Å². The van der Waals surface area contributed by atoms with Gasteiger partial charge in [0.05, 0.1) is 30.2 Å². The van der Waals surface area contributed by atoms with Gasteiger partial charge in [-0.1, -0.05) is 18.9 Å². The fraction of sp³-hybridized carbons (Fsp3) is 0.579. The van der Waals surface area contributed by atoms with E-state index in [2.05, 4.69) is 0 Å². The number of aromatic nitrogens is 3. The van der Waals surface area contributed by atoms with Crippen molar-refractivity contribution in [2.24, 2.45) is 0 Å². The van der Waals surface area contributed by atoms with Gasteiger partial charge in [-0.05, 0) is 43.9 Å². The molecular formula is C19H25N3O3S. The van der Waals surface area contributed by atoms with Crippen molar-refractivity contribution in [2.75, 3.05) is 18.6 Å². The third-order valence-corrected chi connectivity index (χ3v) is 7.27. The summed E-state index contributed by atoms with van der Waals surface area (Å²) in [6, 6.07) is 5.85. The van der Waals surface area contributed by atoms with Gasteiger partial charge in [-0.25, -0.2) is 18.1 Å². The van der Waals surface area contributed by atoms with Gasteiger partial charge < -0.3 is 4.74 Å². The van der Waals surface area contributed by atoms with Gasteiger partial charge in [0.1, 0.15) is 5.75 Å². The number of nitrogens with zero attached hydrogens (tertiary/aromatic N) is 3. The first-order valence-electron chi connectivity index (χ1n) is 9.29. The summed E-state index contributed by atoms with van der Waals surface area (Å²) in [5.74, 6) is 3.07. The van der Waals surface area contributed by atoms with Crippen molar-refractivity contribution >= 4 is 9.84 Å². The smallest absolute Gasteiger partial charge is 0.162 e. The Morgan fingerprint density at radius 2 is 1.96 bits per heavy atom. The van der Waals surface area contributed by atoms with E-state index in [1.165, 1.54) is 12.8 Å². The molecule has 26 heavy (non-hydrogen) atoms. The monoisotopic (exact) mass is 375 g/mol. The Bertz CT molecular complexity index is 914. The van der Waals surface area contributed by atoms with E-state index in [4.69, 9.17) is 14.8 Å². The molecular weight excluding hydrogens is 350 g/mol. The number of hydrogen-bond acceptors (Lipinski definition) is 5. The molecule has 2 aliphatic rings. The van der Waals surface area contributed by atoms with Crippen LogP contribution in [0.4, 0.5) is 0 Å². The van der Waals surface area contributed by atoms with Gasteiger partial charge in [-0.2, -0.15) is 5.10 Å². The summed E-state index contributed by atoms with van der Waals surface area (Å²) in [6.45, 7) is 2.02. The summed E-state index contributed by atoms with van der Waals surface area (Å²) in [5, 5.41) is 4.80. The molecule has 0 bridgehead atoms. The zero-order valence-electron chi connectivity index (χ0n) is 15.3. The highest BCUT2D eigenvalue weighted by atomic mass is 32.2. The van der Waals surface area contributed by atoms with E-state index < -0.39 is 9.84 Å². The summed E-state index contributed by atoms with van der Waals surface area (Å²) in [5.41, 5.74) is 1.98. The van der Waals surface area contributed by atoms with E-state index in [0.29, 0.717) is 12.3 Å². The maximum absolute atomic E-state index is 12.0. The molecule has 0 N–H and O–H groups in total. The van der Waals surface area contributed by atoms with Crippen molar-refractivity contribution in [1.82, 2.24) is 14.8 Å². The summed E-state index contributed by atoms with van der Waals surface area (Å²) < 4.78 is 31.4. The van der Waals surface area contributed by atoms with E-state index in [-0.39, 0.29) is 17.5 Å². The Hall–Kier alpha value is -1.89. The number of hydrogen-bond donors (Lipinski definition) is 0. The van der Waals surface area contributed by atoms with E-state index in [0.717, 1.165) is 41.4 Å². The molecule has 1 saturated heterocycles. The lowest BCUT2D eigenvalue weighted by molar-refractivity contribution is 0.414. The molecule has 1 saturated carbocycles. The predicted octanol–water partition coefficient (Wildman–Crippen LogP) is 3.28. The van der Waals surface area contributed by atoms with E-state index in [9.17, 15) is 8.42 Å². The second-order valence-corrected chi connectivity index (χ2v) is 9.71. The summed E-state index contributed by atoms with van der Waals surface area (Å²) in [4.78, 5) is 4.87. The zero-order chi connectivity index (χ0) is 18.3. The minimum absolute atomic E-state index is 0.141. The van der Waals surface area contributed by atoms with Crippen LogP contribution in [0.1, 0.15) is 55.5 Å². The molecule has 1 aromatic carbocycles. The third kappa shape index (κ3) is 3.24. The standard InChI is InChI=1S/C19H25N3O3S/c1-13-7-8-16(17(11-13)25-2)19-20-18(14-5-3-4-6-14)21-22(19)15-9-10-26(23,24)12-15/h7-8,11,14-15H,3-6,9-10,12H2,1-2H3/t15-/m1/s1. The molecule has 140 valence electrons. The van der Waals surface area contributed by atoms with Crippen molar-refractivity contribution in [1.29, 1.82) is 0 Å². The SMILES string of the molecule is COc1cc(C)ccc1-c1nc(C2CCCC2)nn1[C@@H]1CCS(=O)(=O)C1. The first-order valence-corrected chi connectivity index (χ1v) is 11.1. The lowest BCUT2D eigenvalue weighted by Gasteiger charge is -2.14. The fourth-order valence-corrected chi connectivity index (χ4v) is 5.78. The minimum Gasteiger partial charge on any atom is -0.496 e. The first-order chi connectivity index (χ1) is 12.5. The normalized spacial score (nSPS) is 22.8. The maximum atomic E-state index is 12.0. The number of methoxy groups -OCH3 is 1. The molecule has 6 nitrogen and oxygen atoms in total. The summed E-state index contributed by atoms with van der Waals surface area (Å²) in [7, 11) is -1.34. The van der Waals surface area contributed by atoms with Crippen LogP contribution in [0.3, 0.4) is 0 Å². The Kier molecular flexibility index (Phi) is 4.50. The van der Waals surface area contributed by atoms with Crippen molar-refractivity contribution < 1.29 is 13.2 Å². The molecule has 1 atom stereocenters. The van der Waals surface area contributed by atoms with Crippen LogP contribution < -0.4 is 4.74 Å².